The molecule has 0 spiro atoms. The zero-order chi connectivity index (χ0) is 15.9. The molecule has 0 fully saturated rings. The van der Waals surface area contributed by atoms with Crippen LogP contribution in [0.15, 0.2) is 30.3 Å². The molecule has 2 aromatic carbocycles. The van der Waals surface area contributed by atoms with Gasteiger partial charge in [-0.1, -0.05) is 25.0 Å². The van der Waals surface area contributed by atoms with Crippen LogP contribution in [0.3, 0.4) is 0 Å². The molecular formula is C19H19N3. The van der Waals surface area contributed by atoms with Gasteiger partial charge < -0.3 is 10.3 Å². The Hall–Kier alpha value is -2.75. The van der Waals surface area contributed by atoms with E-state index in [9.17, 15) is 0 Å². The highest BCUT2D eigenvalue weighted by molar-refractivity contribution is 6.04. The quantitative estimate of drug-likeness (QED) is 0.570. The first-order chi connectivity index (χ1) is 10.8. The molecule has 0 atom stereocenters. The summed E-state index contributed by atoms with van der Waals surface area (Å²) in [6.45, 7) is 3.93. The Bertz CT molecular complexity index is 834. The fourth-order valence-electron chi connectivity index (χ4n) is 2.41. The summed E-state index contributed by atoms with van der Waals surface area (Å²) in [5.41, 5.74) is 2.98. The van der Waals surface area contributed by atoms with Gasteiger partial charge >= 0.3 is 0 Å². The highest BCUT2D eigenvalue weighted by Crippen LogP contribution is 2.24. The molecule has 22 heavy (non-hydrogen) atoms. The number of aromatic amines is 1. The van der Waals surface area contributed by atoms with Crippen LogP contribution in [-0.2, 0) is 6.54 Å². The van der Waals surface area contributed by atoms with Gasteiger partial charge in [0.2, 0.25) is 0 Å². The highest BCUT2D eigenvalue weighted by Gasteiger charge is 2.06. The first kappa shape index (κ1) is 15.6. The first-order valence-corrected chi connectivity index (χ1v) is 7.24. The third-order valence-electron chi connectivity index (χ3n) is 3.40. The third-order valence-corrected chi connectivity index (χ3v) is 3.40. The van der Waals surface area contributed by atoms with Crippen LogP contribution in [0.5, 0.6) is 0 Å². The molecule has 0 saturated carbocycles. The Morgan fingerprint density at radius 2 is 2.05 bits per heavy atom. The Labute approximate surface area is 131 Å². The third kappa shape index (κ3) is 3.11. The van der Waals surface area contributed by atoms with Crippen LogP contribution in [0, 0.1) is 25.2 Å². The summed E-state index contributed by atoms with van der Waals surface area (Å²) in [6.07, 6.45) is 14.6. The number of terminal acetylenes is 2. The van der Waals surface area contributed by atoms with Crippen LogP contribution in [0.4, 0.5) is 0 Å². The van der Waals surface area contributed by atoms with Crippen LogP contribution < -0.4 is 5.32 Å². The lowest BCUT2D eigenvalue weighted by atomic mass is 10.1. The van der Waals surface area contributed by atoms with Crippen molar-refractivity contribution in [3.63, 3.8) is 0 Å². The van der Waals surface area contributed by atoms with Gasteiger partial charge in [0.1, 0.15) is 5.82 Å². The number of nitrogens with zero attached hydrogens (tertiary/aromatic N) is 1. The normalized spacial score (nSPS) is 10.1. The van der Waals surface area contributed by atoms with Crippen LogP contribution in [0.2, 0.25) is 0 Å². The molecule has 0 aliphatic heterocycles. The molecule has 0 aliphatic carbocycles. The number of rotatable bonds is 4. The van der Waals surface area contributed by atoms with E-state index in [1.54, 1.807) is 0 Å². The van der Waals surface area contributed by atoms with Gasteiger partial charge in [0.15, 0.2) is 0 Å². The summed E-state index contributed by atoms with van der Waals surface area (Å²) in [7, 11) is 0. The monoisotopic (exact) mass is 289 g/mol. The van der Waals surface area contributed by atoms with Crippen molar-refractivity contribution in [2.45, 2.75) is 19.9 Å². The second-order valence-electron chi connectivity index (χ2n) is 4.90. The second kappa shape index (κ2) is 7.31. The van der Waals surface area contributed by atoms with Gasteiger partial charge in [0, 0.05) is 10.9 Å². The molecule has 3 aromatic rings. The van der Waals surface area contributed by atoms with Gasteiger partial charge in [-0.3, -0.25) is 0 Å². The van der Waals surface area contributed by atoms with Crippen molar-refractivity contribution >= 4 is 21.8 Å². The molecule has 3 rings (SSSR count). The molecule has 1 heterocycles. The molecule has 110 valence electrons. The fourth-order valence-corrected chi connectivity index (χ4v) is 2.41. The Morgan fingerprint density at radius 1 is 1.23 bits per heavy atom. The minimum Gasteiger partial charge on any atom is -0.341 e. The molecule has 0 saturated heterocycles. The van der Waals surface area contributed by atoms with Gasteiger partial charge in [-0.25, -0.2) is 4.98 Å². The van der Waals surface area contributed by atoms with Crippen molar-refractivity contribution in [2.75, 3.05) is 6.54 Å². The van der Waals surface area contributed by atoms with Crippen molar-refractivity contribution in [3.8, 4) is 25.2 Å². The average molecular weight is 289 g/mol. The smallest absolute Gasteiger partial charge is 0.121 e. The lowest BCUT2D eigenvalue weighted by molar-refractivity contribution is 0.656. The van der Waals surface area contributed by atoms with Crippen LogP contribution >= 0.6 is 0 Å². The number of nitrogens with one attached hydrogen (secondary N) is 2. The Balaban J connectivity index is 0.000000847. The largest absolute Gasteiger partial charge is 0.341 e. The van der Waals surface area contributed by atoms with Gasteiger partial charge in [0.25, 0.3) is 0 Å². The summed E-state index contributed by atoms with van der Waals surface area (Å²) in [4.78, 5) is 8.06. The minimum absolute atomic E-state index is 0.770. The molecule has 0 amide bonds. The molecule has 0 radical (unpaired) electrons. The molecule has 0 unspecified atom stereocenters. The summed E-state index contributed by atoms with van der Waals surface area (Å²) in [5, 5.41) is 5.63. The molecular weight excluding hydrogens is 270 g/mol. The number of H-pyrrole nitrogens is 1. The second-order valence-corrected chi connectivity index (χ2v) is 4.90. The van der Waals surface area contributed by atoms with Crippen molar-refractivity contribution in [3.05, 3.63) is 41.7 Å². The molecule has 3 nitrogen and oxygen atoms in total. The van der Waals surface area contributed by atoms with Crippen LogP contribution in [0.25, 0.3) is 21.8 Å². The maximum atomic E-state index is 5.45. The van der Waals surface area contributed by atoms with E-state index in [1.165, 1.54) is 0 Å². The van der Waals surface area contributed by atoms with E-state index in [0.29, 0.717) is 0 Å². The zero-order valence-corrected chi connectivity index (χ0v) is 12.7. The van der Waals surface area contributed by atoms with Crippen molar-refractivity contribution < 1.29 is 0 Å². The minimum atomic E-state index is 0.770. The predicted molar refractivity (Wildman–Crippen MR) is 93.4 cm³/mol. The number of fused-ring (bicyclic) bond motifs is 3. The Kier molecular flexibility index (Phi) is 5.20. The maximum absolute atomic E-state index is 5.45. The van der Waals surface area contributed by atoms with Crippen molar-refractivity contribution in [1.29, 1.82) is 0 Å². The summed E-state index contributed by atoms with van der Waals surface area (Å²) < 4.78 is 0. The number of benzene rings is 2. The summed E-state index contributed by atoms with van der Waals surface area (Å²) in [5.74, 6) is 3.64. The highest BCUT2D eigenvalue weighted by atomic mass is 15.0. The van der Waals surface area contributed by atoms with Crippen LogP contribution in [-0.4, -0.2) is 16.5 Å². The van der Waals surface area contributed by atoms with Crippen molar-refractivity contribution in [2.24, 2.45) is 0 Å². The van der Waals surface area contributed by atoms with E-state index in [0.717, 1.165) is 52.7 Å². The summed E-state index contributed by atoms with van der Waals surface area (Å²) in [6, 6.07) is 10.2. The van der Waals surface area contributed by atoms with Gasteiger partial charge in [-0.2, -0.15) is 0 Å². The SMILES string of the molecule is C#C.C#Cc1ccc2c(ccc3[nH]c(CNCCC)nc32)c1. The molecule has 1 aromatic heterocycles. The average Bonchev–Trinajstić information content (AvgIpc) is 2.99. The van der Waals surface area contributed by atoms with Gasteiger partial charge in [0.05, 0.1) is 17.6 Å². The molecule has 3 heteroatoms. The van der Waals surface area contributed by atoms with E-state index < -0.39 is 0 Å². The molecule has 2 N–H and O–H groups in total. The number of aromatic nitrogens is 2. The van der Waals surface area contributed by atoms with Gasteiger partial charge in [-0.05, 0) is 36.6 Å². The first-order valence-electron chi connectivity index (χ1n) is 7.24. The fraction of sp³-hybridized carbons (Fsp3) is 0.211. The van der Waals surface area contributed by atoms with Gasteiger partial charge in [-0.15, -0.1) is 19.3 Å². The Morgan fingerprint density at radius 3 is 2.77 bits per heavy atom. The number of hydrogen-bond acceptors (Lipinski definition) is 2. The number of hydrogen-bond donors (Lipinski definition) is 2. The van der Waals surface area contributed by atoms with Crippen molar-refractivity contribution in [1.82, 2.24) is 15.3 Å². The topological polar surface area (TPSA) is 40.7 Å². The maximum Gasteiger partial charge on any atom is 0.121 e. The molecule has 0 bridgehead atoms. The zero-order valence-electron chi connectivity index (χ0n) is 12.7. The van der Waals surface area contributed by atoms with E-state index >= 15 is 0 Å². The molecule has 0 aliphatic rings. The standard InChI is InChI=1S/C17H17N3.C2H2/c1-3-9-18-11-16-19-15-8-6-13-10-12(4-2)5-7-14(13)17(15)20-16;1-2/h2,5-8,10,18H,3,9,11H2,1H3,(H,19,20);1-2H. The van der Waals surface area contributed by atoms with E-state index in [1.807, 2.05) is 12.1 Å². The van der Waals surface area contributed by atoms with E-state index in [4.69, 9.17) is 11.4 Å². The summed E-state index contributed by atoms with van der Waals surface area (Å²) >= 11 is 0. The van der Waals surface area contributed by atoms with Crippen LogP contribution in [0.1, 0.15) is 24.7 Å². The predicted octanol–water partition coefficient (Wildman–Crippen LogP) is 3.45. The van der Waals surface area contributed by atoms with E-state index in [2.05, 4.69) is 54.2 Å². The lowest BCUT2D eigenvalue weighted by Crippen LogP contribution is -2.14. The lowest BCUT2D eigenvalue weighted by Gasteiger charge is -1.99. The van der Waals surface area contributed by atoms with E-state index in [-0.39, 0.29) is 0 Å². The number of imidazole rings is 1.